The maximum absolute atomic E-state index is 12.8. The second kappa shape index (κ2) is 4.41. The van der Waals surface area contributed by atoms with Crippen molar-refractivity contribution >= 4 is 11.8 Å². The number of carboxylic acid groups (broad SMARTS) is 1. The molecule has 3 rings (SSSR count). The number of carbonyl (C=O) groups excluding carboxylic acids is 1. The molecule has 3 atom stereocenters. The molecule has 21 heavy (non-hydrogen) atoms. The molecule has 3 unspecified atom stereocenters. The van der Waals surface area contributed by atoms with E-state index in [9.17, 15) is 14.7 Å². The normalized spacial score (nSPS) is 30.8. The monoisotopic (exact) mass is 287 g/mol. The highest BCUT2D eigenvalue weighted by Gasteiger charge is 2.59. The smallest absolute Gasteiger partial charge is 0.322 e. The van der Waals surface area contributed by atoms with Crippen molar-refractivity contribution in [3.63, 3.8) is 0 Å². The molecule has 1 heterocycles. The predicted molar refractivity (Wildman–Crippen MR) is 75.4 cm³/mol. The molecule has 0 amide bonds. The van der Waals surface area contributed by atoms with Crippen LogP contribution < -0.4 is 4.74 Å². The fourth-order valence-electron chi connectivity index (χ4n) is 3.65. The van der Waals surface area contributed by atoms with Gasteiger partial charge in [0.05, 0.1) is 12.8 Å². The molecule has 0 radical (unpaired) electrons. The van der Waals surface area contributed by atoms with Crippen LogP contribution in [0.25, 0.3) is 0 Å². The van der Waals surface area contributed by atoms with Crippen molar-refractivity contribution in [1.82, 2.24) is 4.98 Å². The Morgan fingerprint density at radius 1 is 1.52 bits per heavy atom. The lowest BCUT2D eigenvalue weighted by atomic mass is 9.55. The van der Waals surface area contributed by atoms with Crippen LogP contribution in [0.5, 0.6) is 5.88 Å². The molecule has 0 saturated heterocycles. The van der Waals surface area contributed by atoms with E-state index >= 15 is 0 Å². The Bertz CT molecular complexity index is 666. The van der Waals surface area contributed by atoms with Gasteiger partial charge in [0, 0.05) is 17.9 Å². The number of Topliss-reactive ketones (excluding diaryl/α,β-unsaturated/α-hetero) is 1. The molecule has 5 heteroatoms. The zero-order chi connectivity index (χ0) is 15.4. The Labute approximate surface area is 122 Å². The van der Waals surface area contributed by atoms with Crippen LogP contribution in [0.1, 0.15) is 36.9 Å². The molecule has 2 aliphatic rings. The minimum absolute atomic E-state index is 0.132. The van der Waals surface area contributed by atoms with Crippen molar-refractivity contribution in [2.45, 2.75) is 31.1 Å². The third kappa shape index (κ3) is 1.66. The molecule has 110 valence electrons. The van der Waals surface area contributed by atoms with Gasteiger partial charge in [-0.15, -0.1) is 0 Å². The summed E-state index contributed by atoms with van der Waals surface area (Å²) in [5, 5.41) is 9.77. The SMILES string of the molecule is C=C1CC2C(=O)C(C(=O)O)(C1)c1ccc(OC)nc1C2C. The molecule has 1 aromatic rings. The van der Waals surface area contributed by atoms with Gasteiger partial charge in [-0.1, -0.05) is 25.1 Å². The first-order valence-electron chi connectivity index (χ1n) is 6.91. The van der Waals surface area contributed by atoms with Crippen molar-refractivity contribution in [1.29, 1.82) is 0 Å². The van der Waals surface area contributed by atoms with E-state index in [2.05, 4.69) is 11.6 Å². The van der Waals surface area contributed by atoms with Crippen LogP contribution in [-0.4, -0.2) is 29.0 Å². The fraction of sp³-hybridized carbons (Fsp3) is 0.438. The quantitative estimate of drug-likeness (QED) is 0.665. The van der Waals surface area contributed by atoms with Crippen LogP contribution in [0.3, 0.4) is 0 Å². The van der Waals surface area contributed by atoms with E-state index in [-0.39, 0.29) is 24.0 Å². The van der Waals surface area contributed by atoms with E-state index in [0.717, 1.165) is 5.57 Å². The van der Waals surface area contributed by atoms with Crippen molar-refractivity contribution < 1.29 is 19.4 Å². The minimum Gasteiger partial charge on any atom is -0.481 e. The maximum atomic E-state index is 12.8. The Morgan fingerprint density at radius 2 is 2.24 bits per heavy atom. The number of aromatic nitrogens is 1. The minimum atomic E-state index is -1.53. The Kier molecular flexibility index (Phi) is 2.90. The number of hydrogen-bond donors (Lipinski definition) is 1. The Hall–Kier alpha value is -2.17. The second-order valence-corrected chi connectivity index (χ2v) is 5.89. The topological polar surface area (TPSA) is 76.5 Å². The van der Waals surface area contributed by atoms with Gasteiger partial charge in [-0.05, 0) is 18.4 Å². The first-order valence-corrected chi connectivity index (χ1v) is 6.91. The summed E-state index contributed by atoms with van der Waals surface area (Å²) in [4.78, 5) is 29.1. The van der Waals surface area contributed by atoms with Crippen molar-refractivity contribution in [2.75, 3.05) is 7.11 Å². The second-order valence-electron chi connectivity index (χ2n) is 5.89. The van der Waals surface area contributed by atoms with Gasteiger partial charge in [-0.25, -0.2) is 4.98 Å². The summed E-state index contributed by atoms with van der Waals surface area (Å²) >= 11 is 0. The summed E-state index contributed by atoms with van der Waals surface area (Å²) in [5.41, 5.74) is 0.441. The van der Waals surface area contributed by atoms with E-state index in [0.29, 0.717) is 23.6 Å². The molecule has 0 spiro atoms. The number of ketones is 1. The van der Waals surface area contributed by atoms with E-state index in [1.54, 1.807) is 12.1 Å². The number of methoxy groups -OCH3 is 1. The molecule has 1 saturated carbocycles. The fourth-order valence-corrected chi connectivity index (χ4v) is 3.65. The van der Waals surface area contributed by atoms with Gasteiger partial charge in [0.2, 0.25) is 5.88 Å². The maximum Gasteiger partial charge on any atom is 0.322 e. The molecule has 1 aromatic heterocycles. The largest absolute Gasteiger partial charge is 0.481 e. The molecular weight excluding hydrogens is 270 g/mol. The van der Waals surface area contributed by atoms with E-state index in [4.69, 9.17) is 4.74 Å². The first-order chi connectivity index (χ1) is 9.91. The number of fused-ring (bicyclic) bond motifs is 4. The lowest BCUT2D eigenvalue weighted by Crippen LogP contribution is -2.54. The molecule has 5 nitrogen and oxygen atoms in total. The number of carbonyl (C=O) groups is 2. The predicted octanol–water partition coefficient (Wildman–Crippen LogP) is 2.06. The van der Waals surface area contributed by atoms with Crippen LogP contribution in [-0.2, 0) is 15.0 Å². The number of ether oxygens (including phenoxy) is 1. The lowest BCUT2D eigenvalue weighted by Gasteiger charge is -2.45. The number of rotatable bonds is 2. The molecular formula is C16H17NO4. The van der Waals surface area contributed by atoms with Crippen molar-refractivity contribution in [3.05, 3.63) is 35.5 Å². The third-order valence-electron chi connectivity index (χ3n) is 4.75. The van der Waals surface area contributed by atoms with E-state index in [1.165, 1.54) is 7.11 Å². The van der Waals surface area contributed by atoms with Crippen LogP contribution in [0, 0.1) is 5.92 Å². The molecule has 0 aliphatic heterocycles. The van der Waals surface area contributed by atoms with Crippen LogP contribution in [0.4, 0.5) is 0 Å². The van der Waals surface area contributed by atoms with Gasteiger partial charge >= 0.3 is 5.97 Å². The number of aliphatic carboxylic acids is 1. The Balaban J connectivity index is 2.31. The van der Waals surface area contributed by atoms with Gasteiger partial charge in [-0.3, -0.25) is 9.59 Å². The lowest BCUT2D eigenvalue weighted by molar-refractivity contribution is -0.152. The molecule has 1 fully saturated rings. The number of nitrogens with zero attached hydrogens (tertiary/aromatic N) is 1. The zero-order valence-electron chi connectivity index (χ0n) is 12.0. The van der Waals surface area contributed by atoms with Gasteiger partial charge in [0.15, 0.2) is 11.2 Å². The standard InChI is InChI=1S/C16H17NO4/c1-8-6-10-9(2)13-11(4-5-12(17-13)21-3)16(7-8,14(10)18)15(19)20/h4-5,9-10H,1,6-7H2,2-3H3,(H,19,20). The molecule has 0 aromatic carbocycles. The van der Waals surface area contributed by atoms with Gasteiger partial charge in [-0.2, -0.15) is 0 Å². The average Bonchev–Trinajstić information content (AvgIpc) is 2.46. The Morgan fingerprint density at radius 3 is 2.86 bits per heavy atom. The van der Waals surface area contributed by atoms with Gasteiger partial charge in [0.1, 0.15) is 0 Å². The van der Waals surface area contributed by atoms with E-state index in [1.807, 2.05) is 6.92 Å². The summed E-state index contributed by atoms with van der Waals surface area (Å²) < 4.78 is 5.13. The number of carboxylic acids is 1. The zero-order valence-corrected chi connectivity index (χ0v) is 12.0. The highest BCUT2D eigenvalue weighted by molar-refractivity contribution is 6.12. The summed E-state index contributed by atoms with van der Waals surface area (Å²) in [6.45, 7) is 5.85. The van der Waals surface area contributed by atoms with Crippen LogP contribution in [0.15, 0.2) is 24.3 Å². The highest BCUT2D eigenvalue weighted by atomic mass is 16.5. The molecule has 2 aliphatic carbocycles. The van der Waals surface area contributed by atoms with Crippen molar-refractivity contribution in [2.24, 2.45) is 5.92 Å². The molecule has 1 N–H and O–H groups in total. The van der Waals surface area contributed by atoms with Crippen LogP contribution in [0.2, 0.25) is 0 Å². The van der Waals surface area contributed by atoms with Gasteiger partial charge < -0.3 is 9.84 Å². The van der Waals surface area contributed by atoms with Gasteiger partial charge in [0.25, 0.3) is 0 Å². The number of pyridine rings is 1. The van der Waals surface area contributed by atoms with E-state index < -0.39 is 11.4 Å². The number of allylic oxidation sites excluding steroid dienone is 1. The summed E-state index contributed by atoms with van der Waals surface area (Å²) in [7, 11) is 1.52. The summed E-state index contributed by atoms with van der Waals surface area (Å²) in [6.07, 6.45) is 0.693. The average molecular weight is 287 g/mol. The van der Waals surface area contributed by atoms with Crippen molar-refractivity contribution in [3.8, 4) is 5.88 Å². The third-order valence-corrected chi connectivity index (χ3v) is 4.75. The van der Waals surface area contributed by atoms with Crippen LogP contribution >= 0.6 is 0 Å². The number of hydrogen-bond acceptors (Lipinski definition) is 4. The first kappa shape index (κ1) is 13.8. The summed E-state index contributed by atoms with van der Waals surface area (Å²) in [5.74, 6) is -1.39. The molecule has 2 bridgehead atoms. The summed E-state index contributed by atoms with van der Waals surface area (Å²) in [6, 6.07) is 3.28. The highest BCUT2D eigenvalue weighted by Crippen LogP contribution is 2.52.